The van der Waals surface area contributed by atoms with E-state index in [2.05, 4.69) is 24.3 Å². The van der Waals surface area contributed by atoms with Gasteiger partial charge in [-0.1, -0.05) is 55.0 Å². The van der Waals surface area contributed by atoms with E-state index in [1.165, 1.54) is 16.1 Å². The molecule has 2 aromatic carbocycles. The highest BCUT2D eigenvalue weighted by molar-refractivity contribution is 7.92. The molecule has 1 aliphatic rings. The van der Waals surface area contributed by atoms with Gasteiger partial charge in [-0.2, -0.15) is 0 Å². The third-order valence-corrected chi connectivity index (χ3v) is 7.07. The van der Waals surface area contributed by atoms with Crippen LogP contribution in [0.15, 0.2) is 54.6 Å². The van der Waals surface area contributed by atoms with Crippen molar-refractivity contribution in [3.8, 4) is 0 Å². The summed E-state index contributed by atoms with van der Waals surface area (Å²) in [4.78, 5) is 15.2. The van der Waals surface area contributed by atoms with E-state index in [1.54, 1.807) is 12.1 Å². The minimum Gasteiger partial charge on any atom is -0.341 e. The Morgan fingerprint density at radius 1 is 1.07 bits per heavy atom. The zero-order valence-corrected chi connectivity index (χ0v) is 18.9. The molecule has 1 fully saturated rings. The first kappa shape index (κ1) is 22.3. The Balaban J connectivity index is 1.71. The molecule has 1 heterocycles. The molecule has 0 radical (unpaired) electrons. The Bertz CT molecular complexity index is 934. The number of piperidine rings is 1. The molecule has 0 spiro atoms. The lowest BCUT2D eigenvalue weighted by Crippen LogP contribution is -2.52. The summed E-state index contributed by atoms with van der Waals surface area (Å²) in [6.45, 7) is 5.18. The number of anilines is 1. The average molecular weight is 429 g/mol. The summed E-state index contributed by atoms with van der Waals surface area (Å²) in [6, 6.07) is 17.0. The van der Waals surface area contributed by atoms with Crippen LogP contribution in [0.3, 0.4) is 0 Å². The molecule has 162 valence electrons. The van der Waals surface area contributed by atoms with Gasteiger partial charge in [0.1, 0.15) is 6.04 Å². The van der Waals surface area contributed by atoms with Crippen LogP contribution < -0.4 is 4.31 Å². The molecule has 6 heteroatoms. The van der Waals surface area contributed by atoms with Crippen LogP contribution in [0.2, 0.25) is 0 Å². The number of rotatable bonds is 7. The fourth-order valence-corrected chi connectivity index (χ4v) is 5.46. The van der Waals surface area contributed by atoms with Gasteiger partial charge in [0.15, 0.2) is 0 Å². The lowest BCUT2D eigenvalue weighted by molar-refractivity contribution is -0.133. The molecule has 1 aliphatic heterocycles. The molecule has 1 amide bonds. The molecule has 1 atom stereocenters. The highest BCUT2D eigenvalue weighted by Crippen LogP contribution is 2.27. The molecule has 0 N–H and O–H groups in total. The summed E-state index contributed by atoms with van der Waals surface area (Å²) in [7, 11) is -3.59. The van der Waals surface area contributed by atoms with Crippen molar-refractivity contribution in [3.63, 3.8) is 0 Å². The van der Waals surface area contributed by atoms with Crippen molar-refractivity contribution in [2.75, 3.05) is 23.7 Å². The molecular weight excluding hydrogens is 396 g/mol. The predicted octanol–water partition coefficient (Wildman–Crippen LogP) is 4.02. The van der Waals surface area contributed by atoms with E-state index >= 15 is 0 Å². The number of hydrogen-bond donors (Lipinski definition) is 0. The summed E-state index contributed by atoms with van der Waals surface area (Å²) in [5.74, 6) is 0.460. The van der Waals surface area contributed by atoms with Gasteiger partial charge in [0, 0.05) is 13.1 Å². The van der Waals surface area contributed by atoms with E-state index in [0.717, 1.165) is 24.8 Å². The van der Waals surface area contributed by atoms with Gasteiger partial charge in [-0.05, 0) is 56.2 Å². The van der Waals surface area contributed by atoms with Crippen molar-refractivity contribution in [1.29, 1.82) is 0 Å². The van der Waals surface area contributed by atoms with Crippen LogP contribution in [0.4, 0.5) is 5.69 Å². The third-order valence-electron chi connectivity index (χ3n) is 5.89. The van der Waals surface area contributed by atoms with Crippen molar-refractivity contribution < 1.29 is 13.2 Å². The van der Waals surface area contributed by atoms with Crippen molar-refractivity contribution in [3.05, 3.63) is 65.7 Å². The fourth-order valence-electron chi connectivity index (χ4n) is 4.25. The van der Waals surface area contributed by atoms with Gasteiger partial charge in [0.05, 0.1) is 11.9 Å². The highest BCUT2D eigenvalue weighted by atomic mass is 32.2. The molecule has 30 heavy (non-hydrogen) atoms. The monoisotopic (exact) mass is 428 g/mol. The summed E-state index contributed by atoms with van der Waals surface area (Å²) >= 11 is 0. The quantitative estimate of drug-likeness (QED) is 0.669. The van der Waals surface area contributed by atoms with Crippen LogP contribution in [0, 0.1) is 12.8 Å². The van der Waals surface area contributed by atoms with Crippen LogP contribution in [-0.4, -0.2) is 44.6 Å². The summed E-state index contributed by atoms with van der Waals surface area (Å²) in [6.07, 6.45) is 4.53. The number of nitrogens with zero attached hydrogens (tertiary/aromatic N) is 2. The largest absolute Gasteiger partial charge is 0.341 e. The van der Waals surface area contributed by atoms with Crippen molar-refractivity contribution in [2.24, 2.45) is 5.92 Å². The molecule has 0 saturated carbocycles. The number of carbonyl (C=O) groups excluding carboxylic acids is 1. The summed E-state index contributed by atoms with van der Waals surface area (Å²) < 4.78 is 26.5. The second kappa shape index (κ2) is 9.65. The molecule has 0 aromatic heterocycles. The average Bonchev–Trinajstić information content (AvgIpc) is 2.73. The summed E-state index contributed by atoms with van der Waals surface area (Å²) in [5.41, 5.74) is 2.92. The van der Waals surface area contributed by atoms with Crippen LogP contribution in [-0.2, 0) is 21.2 Å². The first-order valence-corrected chi connectivity index (χ1v) is 12.5. The van der Waals surface area contributed by atoms with Gasteiger partial charge in [-0.25, -0.2) is 8.42 Å². The predicted molar refractivity (Wildman–Crippen MR) is 122 cm³/mol. The second-order valence-electron chi connectivity index (χ2n) is 8.28. The standard InChI is InChI=1S/C24H32N2O3S/c1-4-23(26(30(3,28)29)22-12-10-19(2)11-13-22)24(27)25-16-14-21(15-17-25)18-20-8-6-5-7-9-20/h5-13,21,23H,4,14-18H2,1-3H3/t23-/m0/s1. The van der Waals surface area contributed by atoms with Gasteiger partial charge in [0.25, 0.3) is 0 Å². The second-order valence-corrected chi connectivity index (χ2v) is 10.1. The number of aryl methyl sites for hydroxylation is 1. The van der Waals surface area contributed by atoms with Crippen molar-refractivity contribution >= 4 is 21.6 Å². The van der Waals surface area contributed by atoms with Gasteiger partial charge in [0.2, 0.25) is 15.9 Å². The van der Waals surface area contributed by atoms with Gasteiger partial charge in [-0.3, -0.25) is 9.10 Å². The minimum absolute atomic E-state index is 0.0957. The topological polar surface area (TPSA) is 57.7 Å². The van der Waals surface area contributed by atoms with E-state index in [-0.39, 0.29) is 5.91 Å². The van der Waals surface area contributed by atoms with Crippen LogP contribution in [0.1, 0.15) is 37.3 Å². The minimum atomic E-state index is -3.59. The SMILES string of the molecule is CC[C@@H](C(=O)N1CCC(Cc2ccccc2)CC1)N(c1ccc(C)cc1)S(C)(=O)=O. The first-order valence-electron chi connectivity index (χ1n) is 10.7. The van der Waals surface area contributed by atoms with Crippen molar-refractivity contribution in [1.82, 2.24) is 4.90 Å². The Kier molecular flexibility index (Phi) is 7.19. The number of carbonyl (C=O) groups is 1. The fraction of sp³-hybridized carbons (Fsp3) is 0.458. The molecule has 1 saturated heterocycles. The van der Waals surface area contributed by atoms with E-state index in [1.807, 2.05) is 36.9 Å². The molecule has 3 rings (SSSR count). The lowest BCUT2D eigenvalue weighted by Gasteiger charge is -2.37. The zero-order valence-electron chi connectivity index (χ0n) is 18.1. The molecule has 0 unspecified atom stereocenters. The maximum Gasteiger partial charge on any atom is 0.246 e. The van der Waals surface area contributed by atoms with E-state index < -0.39 is 16.1 Å². The number of benzene rings is 2. The molecule has 0 aliphatic carbocycles. The molecule has 0 bridgehead atoms. The maximum atomic E-state index is 13.3. The van der Waals surface area contributed by atoms with Crippen LogP contribution in [0.25, 0.3) is 0 Å². The molecular formula is C24H32N2O3S. The first-order chi connectivity index (χ1) is 14.3. The number of amides is 1. The van der Waals surface area contributed by atoms with Crippen LogP contribution >= 0.6 is 0 Å². The molecule has 5 nitrogen and oxygen atoms in total. The summed E-state index contributed by atoms with van der Waals surface area (Å²) in [5, 5.41) is 0. The number of hydrogen-bond acceptors (Lipinski definition) is 3. The Hall–Kier alpha value is -2.34. The highest BCUT2D eigenvalue weighted by Gasteiger charge is 2.35. The van der Waals surface area contributed by atoms with Crippen LogP contribution in [0.5, 0.6) is 0 Å². The normalized spacial score (nSPS) is 16.3. The van der Waals surface area contributed by atoms with Crippen molar-refractivity contribution in [2.45, 2.75) is 45.6 Å². The Morgan fingerprint density at radius 2 is 1.67 bits per heavy atom. The van der Waals surface area contributed by atoms with E-state index in [9.17, 15) is 13.2 Å². The van der Waals surface area contributed by atoms with E-state index in [0.29, 0.717) is 31.1 Å². The zero-order chi connectivity index (χ0) is 21.7. The van der Waals surface area contributed by atoms with Gasteiger partial charge >= 0.3 is 0 Å². The maximum absolute atomic E-state index is 13.3. The number of sulfonamides is 1. The lowest BCUT2D eigenvalue weighted by atomic mass is 9.90. The van der Waals surface area contributed by atoms with Gasteiger partial charge < -0.3 is 4.90 Å². The molecule has 2 aromatic rings. The third kappa shape index (κ3) is 5.42. The van der Waals surface area contributed by atoms with E-state index in [4.69, 9.17) is 0 Å². The smallest absolute Gasteiger partial charge is 0.246 e. The van der Waals surface area contributed by atoms with Gasteiger partial charge in [-0.15, -0.1) is 0 Å². The Morgan fingerprint density at radius 3 is 2.20 bits per heavy atom. The Labute approximate surface area is 180 Å². The number of likely N-dealkylation sites (tertiary alicyclic amines) is 1.